The summed E-state index contributed by atoms with van der Waals surface area (Å²) in [6.07, 6.45) is 0.00973. The number of amides is 1. The van der Waals surface area contributed by atoms with Crippen LogP contribution in [0.3, 0.4) is 0 Å². The molecule has 0 aliphatic carbocycles. The van der Waals surface area contributed by atoms with Crippen molar-refractivity contribution in [1.82, 2.24) is 24.7 Å². The van der Waals surface area contributed by atoms with E-state index in [1.165, 1.54) is 12.3 Å². The zero-order valence-corrected chi connectivity index (χ0v) is 19.6. The Hall–Kier alpha value is -3.90. The first-order valence-electron chi connectivity index (χ1n) is 10.9. The second-order valence-electron chi connectivity index (χ2n) is 8.57. The minimum atomic E-state index is -4.78. The van der Waals surface area contributed by atoms with Crippen LogP contribution >= 0.6 is 0 Å². The topological polar surface area (TPSA) is 110 Å². The standard InChI is InChI=1S/C22H25F3N8O2/c1-12(2)18-20(34)30-17-13(3)29-21(31-19(17)32(18)4)27-8-15-9-28-33(11-15)10-14-5-6-16(26-7-14)35-22(23,24)25/h5-7,9,11-12,18H,8,10H2,1-4H3,(H,30,34)(H,27,29,31)/t18-/m0/s1. The fourth-order valence-electron chi connectivity index (χ4n) is 3.93. The van der Waals surface area contributed by atoms with Crippen LogP contribution in [0.5, 0.6) is 5.88 Å². The van der Waals surface area contributed by atoms with Gasteiger partial charge in [-0.3, -0.25) is 9.48 Å². The summed E-state index contributed by atoms with van der Waals surface area (Å²) in [7, 11) is 1.85. The molecule has 1 aliphatic heterocycles. The molecule has 13 heteroatoms. The average molecular weight is 490 g/mol. The van der Waals surface area contributed by atoms with Gasteiger partial charge >= 0.3 is 6.36 Å². The second kappa shape index (κ2) is 9.39. The van der Waals surface area contributed by atoms with Crippen molar-refractivity contribution in [2.24, 2.45) is 5.92 Å². The van der Waals surface area contributed by atoms with E-state index in [9.17, 15) is 18.0 Å². The fourth-order valence-corrected chi connectivity index (χ4v) is 3.93. The maximum Gasteiger partial charge on any atom is 0.574 e. The Kier molecular flexibility index (Phi) is 6.50. The minimum absolute atomic E-state index is 0.0764. The van der Waals surface area contributed by atoms with Crippen molar-refractivity contribution in [2.75, 3.05) is 22.6 Å². The number of nitrogens with one attached hydrogen (secondary N) is 2. The second-order valence-corrected chi connectivity index (χ2v) is 8.57. The molecule has 186 valence electrons. The summed E-state index contributed by atoms with van der Waals surface area (Å²) in [5.74, 6) is 0.585. The number of aromatic nitrogens is 5. The first-order chi connectivity index (χ1) is 16.5. The van der Waals surface area contributed by atoms with Gasteiger partial charge in [0, 0.05) is 37.6 Å². The Balaban J connectivity index is 1.40. The summed E-state index contributed by atoms with van der Waals surface area (Å²) in [6.45, 7) is 6.51. The third-order valence-electron chi connectivity index (χ3n) is 5.47. The minimum Gasteiger partial charge on any atom is -0.388 e. The molecule has 4 heterocycles. The highest BCUT2D eigenvalue weighted by Gasteiger charge is 2.35. The smallest absolute Gasteiger partial charge is 0.388 e. The molecule has 4 rings (SSSR count). The maximum atomic E-state index is 12.5. The highest BCUT2D eigenvalue weighted by molar-refractivity contribution is 6.03. The number of rotatable bonds is 7. The van der Waals surface area contributed by atoms with Crippen LogP contribution in [0.4, 0.5) is 30.6 Å². The Morgan fingerprint density at radius 2 is 1.97 bits per heavy atom. The molecule has 2 N–H and O–H groups in total. The van der Waals surface area contributed by atoms with Gasteiger partial charge in [0.15, 0.2) is 5.82 Å². The van der Waals surface area contributed by atoms with Crippen LogP contribution in [0.1, 0.15) is 30.7 Å². The van der Waals surface area contributed by atoms with Gasteiger partial charge in [0.25, 0.3) is 0 Å². The van der Waals surface area contributed by atoms with Gasteiger partial charge in [-0.05, 0) is 18.4 Å². The molecule has 0 bridgehead atoms. The summed E-state index contributed by atoms with van der Waals surface area (Å²) in [4.78, 5) is 27.1. The van der Waals surface area contributed by atoms with Crippen LogP contribution in [-0.4, -0.2) is 50.1 Å². The molecule has 10 nitrogen and oxygen atoms in total. The number of alkyl halides is 3. The molecule has 1 atom stereocenters. The zero-order chi connectivity index (χ0) is 25.3. The predicted octanol–water partition coefficient (Wildman–Crippen LogP) is 3.35. The lowest BCUT2D eigenvalue weighted by Gasteiger charge is -2.36. The van der Waals surface area contributed by atoms with E-state index in [-0.39, 0.29) is 17.9 Å². The van der Waals surface area contributed by atoms with Crippen LogP contribution in [0.2, 0.25) is 0 Å². The quantitative estimate of drug-likeness (QED) is 0.519. The molecule has 0 unspecified atom stereocenters. The molecule has 0 aromatic carbocycles. The third kappa shape index (κ3) is 5.61. The molecule has 0 saturated heterocycles. The van der Waals surface area contributed by atoms with Crippen molar-refractivity contribution in [3.8, 4) is 5.88 Å². The number of halogens is 3. The first-order valence-corrected chi connectivity index (χ1v) is 10.9. The first kappa shape index (κ1) is 24.2. The summed E-state index contributed by atoms with van der Waals surface area (Å²) in [5, 5.41) is 10.4. The summed E-state index contributed by atoms with van der Waals surface area (Å²) >= 11 is 0. The van der Waals surface area contributed by atoms with Crippen molar-refractivity contribution < 1.29 is 22.7 Å². The van der Waals surface area contributed by atoms with Gasteiger partial charge < -0.3 is 20.3 Å². The molecule has 0 spiro atoms. The van der Waals surface area contributed by atoms with E-state index in [2.05, 4.69) is 35.4 Å². The van der Waals surface area contributed by atoms with Gasteiger partial charge in [-0.2, -0.15) is 10.1 Å². The normalized spacial score (nSPS) is 15.7. The number of likely N-dealkylation sites (N-methyl/N-ethyl adjacent to an activating group) is 1. The van der Waals surface area contributed by atoms with Crippen LogP contribution in [-0.2, 0) is 17.9 Å². The van der Waals surface area contributed by atoms with Gasteiger partial charge in [-0.1, -0.05) is 19.9 Å². The molecule has 0 fully saturated rings. The van der Waals surface area contributed by atoms with Crippen LogP contribution in [0.25, 0.3) is 0 Å². The molecule has 0 radical (unpaired) electrons. The number of aryl methyl sites for hydroxylation is 1. The van der Waals surface area contributed by atoms with E-state index in [1.807, 2.05) is 32.7 Å². The number of carbonyl (C=O) groups is 1. The Labute approximate surface area is 199 Å². The molecule has 3 aromatic heterocycles. The number of hydrogen-bond donors (Lipinski definition) is 2. The number of hydrogen-bond acceptors (Lipinski definition) is 8. The number of pyridine rings is 1. The lowest BCUT2D eigenvalue weighted by atomic mass is 9.99. The number of ether oxygens (including phenoxy) is 1. The van der Waals surface area contributed by atoms with E-state index in [0.29, 0.717) is 41.8 Å². The fraction of sp³-hybridized carbons (Fsp3) is 0.409. The molecule has 3 aromatic rings. The molecular formula is C22H25F3N8O2. The number of fused-ring (bicyclic) bond motifs is 1. The predicted molar refractivity (Wildman–Crippen MR) is 122 cm³/mol. The van der Waals surface area contributed by atoms with Crippen LogP contribution in [0.15, 0.2) is 30.7 Å². The maximum absolute atomic E-state index is 12.5. The molecule has 1 aliphatic rings. The monoisotopic (exact) mass is 490 g/mol. The van der Waals surface area contributed by atoms with Crippen molar-refractivity contribution >= 4 is 23.4 Å². The number of carbonyl (C=O) groups excluding carboxylic acids is 1. The Morgan fingerprint density at radius 3 is 2.63 bits per heavy atom. The highest BCUT2D eigenvalue weighted by Crippen LogP contribution is 2.34. The van der Waals surface area contributed by atoms with Gasteiger partial charge in [0.1, 0.15) is 11.7 Å². The summed E-state index contributed by atoms with van der Waals surface area (Å²) in [6, 6.07) is 2.33. The lowest BCUT2D eigenvalue weighted by Crippen LogP contribution is -2.49. The van der Waals surface area contributed by atoms with Gasteiger partial charge in [0.05, 0.1) is 18.4 Å². The van der Waals surface area contributed by atoms with Crippen LogP contribution in [0, 0.1) is 12.8 Å². The van der Waals surface area contributed by atoms with Crippen molar-refractivity contribution in [1.29, 1.82) is 0 Å². The van der Waals surface area contributed by atoms with Crippen LogP contribution < -0.4 is 20.3 Å². The summed E-state index contributed by atoms with van der Waals surface area (Å²) in [5.41, 5.74) is 2.78. The lowest BCUT2D eigenvalue weighted by molar-refractivity contribution is -0.276. The summed E-state index contributed by atoms with van der Waals surface area (Å²) < 4.78 is 42.2. The van der Waals surface area contributed by atoms with E-state index in [4.69, 9.17) is 0 Å². The van der Waals surface area contributed by atoms with Crippen molar-refractivity contribution in [3.63, 3.8) is 0 Å². The number of nitrogens with zero attached hydrogens (tertiary/aromatic N) is 6. The SMILES string of the molecule is Cc1nc(NCc2cnn(Cc3ccc(OC(F)(F)F)nc3)c2)nc2c1NC(=O)[C@H](C(C)C)N2C. The van der Waals surface area contributed by atoms with Gasteiger partial charge in [-0.15, -0.1) is 13.2 Å². The largest absolute Gasteiger partial charge is 0.574 e. The third-order valence-corrected chi connectivity index (χ3v) is 5.47. The van der Waals surface area contributed by atoms with E-state index >= 15 is 0 Å². The Bertz CT molecular complexity index is 1210. The Morgan fingerprint density at radius 1 is 1.20 bits per heavy atom. The highest BCUT2D eigenvalue weighted by atomic mass is 19.4. The molecular weight excluding hydrogens is 465 g/mol. The molecule has 0 saturated carbocycles. The number of anilines is 3. The van der Waals surface area contributed by atoms with Crippen molar-refractivity contribution in [2.45, 2.75) is 46.3 Å². The zero-order valence-electron chi connectivity index (χ0n) is 19.6. The van der Waals surface area contributed by atoms with E-state index in [1.54, 1.807) is 17.1 Å². The van der Waals surface area contributed by atoms with Gasteiger partial charge in [-0.25, -0.2) is 9.97 Å². The van der Waals surface area contributed by atoms with Crippen molar-refractivity contribution in [3.05, 3.63) is 47.5 Å². The molecule has 1 amide bonds. The van der Waals surface area contributed by atoms with E-state index < -0.39 is 12.2 Å². The molecule has 35 heavy (non-hydrogen) atoms. The van der Waals surface area contributed by atoms with E-state index in [0.717, 1.165) is 11.6 Å². The van der Waals surface area contributed by atoms with Gasteiger partial charge in [0.2, 0.25) is 17.7 Å². The average Bonchev–Trinajstić information content (AvgIpc) is 3.20.